The number of carbonyl (C=O) groups excluding carboxylic acids is 1. The fourth-order valence-electron chi connectivity index (χ4n) is 2.84. The maximum atomic E-state index is 12.0. The summed E-state index contributed by atoms with van der Waals surface area (Å²) in [4.78, 5) is 12.0. The molecule has 1 aliphatic carbocycles. The predicted molar refractivity (Wildman–Crippen MR) is 87.0 cm³/mol. The summed E-state index contributed by atoms with van der Waals surface area (Å²) in [7, 11) is 0. The molecule has 0 spiro atoms. The highest BCUT2D eigenvalue weighted by Gasteiger charge is 2.22. The second-order valence-electron chi connectivity index (χ2n) is 7.11. The molecular weight excluding hydrogens is 278 g/mol. The highest BCUT2D eigenvalue weighted by atomic mass is 16.5. The van der Waals surface area contributed by atoms with E-state index in [4.69, 9.17) is 4.74 Å². The molecule has 0 unspecified atom stereocenters. The normalized spacial score (nSPS) is 22.2. The number of rotatable bonds is 4. The van der Waals surface area contributed by atoms with Gasteiger partial charge in [0.05, 0.1) is 6.10 Å². The molecule has 22 heavy (non-hydrogen) atoms. The molecular formula is C18H27NO3. The van der Waals surface area contributed by atoms with Gasteiger partial charge in [0.15, 0.2) is 6.61 Å². The van der Waals surface area contributed by atoms with Gasteiger partial charge in [-0.15, -0.1) is 0 Å². The Morgan fingerprint density at radius 3 is 2.50 bits per heavy atom. The highest BCUT2D eigenvalue weighted by Crippen LogP contribution is 2.30. The number of amides is 1. The van der Waals surface area contributed by atoms with Crippen LogP contribution in [0.1, 0.15) is 52.0 Å². The lowest BCUT2D eigenvalue weighted by atomic mass is 9.86. The van der Waals surface area contributed by atoms with Gasteiger partial charge < -0.3 is 15.2 Å². The van der Waals surface area contributed by atoms with E-state index in [2.05, 4.69) is 26.1 Å². The lowest BCUT2D eigenvalue weighted by Gasteiger charge is -2.26. The lowest BCUT2D eigenvalue weighted by Crippen LogP contribution is -2.40. The Kier molecular flexibility index (Phi) is 5.46. The van der Waals surface area contributed by atoms with Crippen LogP contribution in [0, 0.1) is 0 Å². The number of aliphatic hydroxyl groups excluding tert-OH is 1. The number of para-hydroxylation sites is 1. The molecule has 2 N–H and O–H groups in total. The summed E-state index contributed by atoms with van der Waals surface area (Å²) in [5.41, 5.74) is 1.08. The van der Waals surface area contributed by atoms with Crippen molar-refractivity contribution in [2.45, 2.75) is 64.0 Å². The second-order valence-corrected chi connectivity index (χ2v) is 7.11. The van der Waals surface area contributed by atoms with Crippen molar-refractivity contribution < 1.29 is 14.6 Å². The van der Waals surface area contributed by atoms with E-state index >= 15 is 0 Å². The average molecular weight is 305 g/mol. The van der Waals surface area contributed by atoms with Crippen molar-refractivity contribution in [1.29, 1.82) is 0 Å². The van der Waals surface area contributed by atoms with Crippen molar-refractivity contribution in [3.63, 3.8) is 0 Å². The zero-order chi connectivity index (χ0) is 16.2. The Balaban J connectivity index is 1.87. The van der Waals surface area contributed by atoms with Gasteiger partial charge in [-0.3, -0.25) is 4.79 Å². The zero-order valence-corrected chi connectivity index (χ0v) is 13.8. The fraction of sp³-hybridized carbons (Fsp3) is 0.611. The molecule has 0 radical (unpaired) electrons. The number of benzene rings is 1. The van der Waals surface area contributed by atoms with Crippen LogP contribution in [-0.2, 0) is 10.2 Å². The molecule has 1 saturated carbocycles. The summed E-state index contributed by atoms with van der Waals surface area (Å²) in [6.07, 6.45) is 3.00. The zero-order valence-electron chi connectivity index (χ0n) is 13.8. The monoisotopic (exact) mass is 305 g/mol. The summed E-state index contributed by atoms with van der Waals surface area (Å²) in [6.45, 7) is 6.42. The van der Waals surface area contributed by atoms with E-state index in [-0.39, 0.29) is 30.1 Å². The van der Waals surface area contributed by atoms with Crippen LogP contribution in [-0.4, -0.2) is 29.8 Å². The van der Waals surface area contributed by atoms with Gasteiger partial charge in [0.25, 0.3) is 5.91 Å². The molecule has 0 aromatic heterocycles. The number of carbonyl (C=O) groups is 1. The summed E-state index contributed by atoms with van der Waals surface area (Å²) in [5, 5.41) is 12.5. The average Bonchev–Trinajstić information content (AvgIpc) is 2.47. The van der Waals surface area contributed by atoms with E-state index in [0.717, 1.165) is 37.0 Å². The third-order valence-corrected chi connectivity index (χ3v) is 4.12. The van der Waals surface area contributed by atoms with Crippen molar-refractivity contribution >= 4 is 5.91 Å². The summed E-state index contributed by atoms with van der Waals surface area (Å²) in [5.74, 6) is 0.675. The van der Waals surface area contributed by atoms with Gasteiger partial charge in [-0.05, 0) is 42.7 Å². The molecule has 0 heterocycles. The van der Waals surface area contributed by atoms with E-state index in [0.29, 0.717) is 0 Å². The largest absolute Gasteiger partial charge is 0.483 e. The summed E-state index contributed by atoms with van der Waals surface area (Å²) < 4.78 is 5.73. The third-order valence-electron chi connectivity index (χ3n) is 4.12. The minimum Gasteiger partial charge on any atom is -0.483 e. The van der Waals surface area contributed by atoms with Crippen molar-refractivity contribution in [2.24, 2.45) is 0 Å². The first kappa shape index (κ1) is 16.8. The second kappa shape index (κ2) is 7.14. The van der Waals surface area contributed by atoms with Crippen molar-refractivity contribution in [2.75, 3.05) is 6.61 Å². The van der Waals surface area contributed by atoms with Crippen molar-refractivity contribution in [3.8, 4) is 5.75 Å². The Morgan fingerprint density at radius 1 is 1.23 bits per heavy atom. The third kappa shape index (κ3) is 4.73. The Morgan fingerprint density at radius 2 is 1.86 bits per heavy atom. The molecule has 4 nitrogen and oxygen atoms in total. The number of nitrogens with one attached hydrogen (secondary N) is 1. The Labute approximate surface area is 132 Å². The first-order valence-electron chi connectivity index (χ1n) is 8.06. The van der Waals surface area contributed by atoms with Gasteiger partial charge in [0.1, 0.15) is 5.75 Å². The SMILES string of the molecule is CC(C)(C)c1ccccc1OCC(=O)NC1CCC(O)CC1. The van der Waals surface area contributed by atoms with E-state index in [1.807, 2.05) is 24.3 Å². The van der Waals surface area contributed by atoms with Gasteiger partial charge in [-0.25, -0.2) is 0 Å². The number of hydrogen-bond donors (Lipinski definition) is 2. The summed E-state index contributed by atoms with van der Waals surface area (Å²) >= 11 is 0. The number of hydrogen-bond acceptors (Lipinski definition) is 3. The van der Waals surface area contributed by atoms with Gasteiger partial charge in [-0.1, -0.05) is 39.0 Å². The van der Waals surface area contributed by atoms with E-state index in [9.17, 15) is 9.90 Å². The fourth-order valence-corrected chi connectivity index (χ4v) is 2.84. The minimum absolute atomic E-state index is 0.0213. The highest BCUT2D eigenvalue weighted by molar-refractivity contribution is 5.77. The molecule has 1 aromatic rings. The van der Waals surface area contributed by atoms with Crippen LogP contribution in [0.4, 0.5) is 0 Å². The van der Waals surface area contributed by atoms with Crippen LogP contribution in [0.25, 0.3) is 0 Å². The molecule has 4 heteroatoms. The number of ether oxygens (including phenoxy) is 1. The molecule has 0 bridgehead atoms. The molecule has 0 aliphatic heterocycles. The first-order chi connectivity index (χ1) is 10.4. The van der Waals surface area contributed by atoms with E-state index < -0.39 is 0 Å². The van der Waals surface area contributed by atoms with Gasteiger partial charge in [-0.2, -0.15) is 0 Å². The minimum atomic E-state index is -0.205. The molecule has 1 aromatic carbocycles. The molecule has 1 amide bonds. The van der Waals surface area contributed by atoms with Gasteiger partial charge >= 0.3 is 0 Å². The molecule has 1 fully saturated rings. The van der Waals surface area contributed by atoms with Crippen LogP contribution >= 0.6 is 0 Å². The maximum Gasteiger partial charge on any atom is 0.258 e. The molecule has 122 valence electrons. The predicted octanol–water partition coefficient (Wildman–Crippen LogP) is 2.78. The van der Waals surface area contributed by atoms with Gasteiger partial charge in [0, 0.05) is 6.04 Å². The van der Waals surface area contributed by atoms with E-state index in [1.165, 1.54) is 0 Å². The van der Waals surface area contributed by atoms with Crippen LogP contribution in [0.3, 0.4) is 0 Å². The van der Waals surface area contributed by atoms with Crippen LogP contribution in [0.15, 0.2) is 24.3 Å². The first-order valence-corrected chi connectivity index (χ1v) is 8.06. The molecule has 1 aliphatic rings. The molecule has 0 saturated heterocycles. The van der Waals surface area contributed by atoms with Crippen LogP contribution in [0.2, 0.25) is 0 Å². The van der Waals surface area contributed by atoms with E-state index in [1.54, 1.807) is 0 Å². The van der Waals surface area contributed by atoms with Crippen LogP contribution < -0.4 is 10.1 Å². The quantitative estimate of drug-likeness (QED) is 0.899. The Bertz CT molecular complexity index is 499. The van der Waals surface area contributed by atoms with Crippen molar-refractivity contribution in [3.05, 3.63) is 29.8 Å². The van der Waals surface area contributed by atoms with Crippen molar-refractivity contribution in [1.82, 2.24) is 5.32 Å². The number of aliphatic hydroxyl groups is 1. The molecule has 0 atom stereocenters. The maximum absolute atomic E-state index is 12.0. The Hall–Kier alpha value is -1.55. The summed E-state index contributed by atoms with van der Waals surface area (Å²) in [6, 6.07) is 8.02. The standard InChI is InChI=1S/C18H27NO3/c1-18(2,3)15-6-4-5-7-16(15)22-12-17(21)19-13-8-10-14(20)11-9-13/h4-7,13-14,20H,8-12H2,1-3H3,(H,19,21). The van der Waals surface area contributed by atoms with Gasteiger partial charge in [0.2, 0.25) is 0 Å². The molecule has 2 rings (SSSR count). The lowest BCUT2D eigenvalue weighted by molar-refractivity contribution is -0.124. The topological polar surface area (TPSA) is 58.6 Å². The smallest absolute Gasteiger partial charge is 0.258 e. The van der Waals surface area contributed by atoms with Crippen LogP contribution in [0.5, 0.6) is 5.75 Å².